The summed E-state index contributed by atoms with van der Waals surface area (Å²) >= 11 is 0. The number of benzene rings is 1. The molecular formula is C15H16N6O. The molecule has 0 spiro atoms. The van der Waals surface area contributed by atoms with Gasteiger partial charge < -0.3 is 10.6 Å². The summed E-state index contributed by atoms with van der Waals surface area (Å²) in [7, 11) is 1.84. The maximum absolute atomic E-state index is 12.6. The predicted molar refractivity (Wildman–Crippen MR) is 84.0 cm³/mol. The summed E-state index contributed by atoms with van der Waals surface area (Å²) in [6.45, 7) is 1.76. The largest absolute Gasteiger partial charge is 0.368 e. The molecular weight excluding hydrogens is 280 g/mol. The molecule has 1 amide bonds. The second-order valence-electron chi connectivity index (χ2n) is 5.35. The highest BCUT2D eigenvalue weighted by Crippen LogP contribution is 2.25. The molecule has 3 heterocycles. The topological polar surface area (TPSA) is 76.8 Å². The Kier molecular flexibility index (Phi) is 2.85. The Hall–Kier alpha value is -2.83. The van der Waals surface area contributed by atoms with Gasteiger partial charge in [-0.25, -0.2) is 4.68 Å². The molecule has 0 unspecified atom stereocenters. The lowest BCUT2D eigenvalue weighted by molar-refractivity contribution is 0.102. The zero-order valence-corrected chi connectivity index (χ0v) is 12.2. The summed E-state index contributed by atoms with van der Waals surface area (Å²) in [5.41, 5.74) is 2.05. The molecule has 0 saturated carbocycles. The lowest BCUT2D eigenvalue weighted by atomic mass is 10.2. The van der Waals surface area contributed by atoms with Gasteiger partial charge in [0, 0.05) is 25.5 Å². The quantitative estimate of drug-likeness (QED) is 0.756. The zero-order chi connectivity index (χ0) is 15.1. The number of rotatable bonds is 2. The summed E-state index contributed by atoms with van der Waals surface area (Å²) in [4.78, 5) is 12.6. The van der Waals surface area contributed by atoms with Crippen LogP contribution >= 0.6 is 0 Å². The van der Waals surface area contributed by atoms with Crippen LogP contribution in [0.5, 0.6) is 0 Å². The van der Waals surface area contributed by atoms with Crippen LogP contribution < -0.4 is 10.6 Å². The molecule has 1 aromatic carbocycles. The van der Waals surface area contributed by atoms with Gasteiger partial charge in [-0.3, -0.25) is 9.48 Å². The van der Waals surface area contributed by atoms with E-state index in [0.717, 1.165) is 36.2 Å². The molecule has 0 fully saturated rings. The van der Waals surface area contributed by atoms with E-state index < -0.39 is 0 Å². The van der Waals surface area contributed by atoms with Crippen molar-refractivity contribution in [3.05, 3.63) is 36.2 Å². The van der Waals surface area contributed by atoms with Gasteiger partial charge in [0.15, 0.2) is 5.69 Å². The van der Waals surface area contributed by atoms with E-state index in [1.165, 1.54) is 0 Å². The van der Waals surface area contributed by atoms with E-state index >= 15 is 0 Å². The van der Waals surface area contributed by atoms with Crippen LogP contribution in [0.4, 0.5) is 11.5 Å². The highest BCUT2D eigenvalue weighted by molar-refractivity contribution is 6.12. The van der Waals surface area contributed by atoms with E-state index in [1.807, 2.05) is 36.0 Å². The number of para-hydroxylation sites is 1. The van der Waals surface area contributed by atoms with Crippen molar-refractivity contribution in [3.63, 3.8) is 0 Å². The Labute approximate surface area is 126 Å². The van der Waals surface area contributed by atoms with Crippen LogP contribution in [0.1, 0.15) is 16.9 Å². The number of nitrogens with zero attached hydrogens (tertiary/aromatic N) is 4. The fourth-order valence-corrected chi connectivity index (χ4v) is 2.83. The molecule has 7 nitrogen and oxygen atoms in total. The first-order chi connectivity index (χ1) is 10.7. The highest BCUT2D eigenvalue weighted by atomic mass is 16.2. The van der Waals surface area contributed by atoms with Crippen molar-refractivity contribution in [2.45, 2.75) is 13.0 Å². The SMILES string of the molecule is Cn1nc(C(=O)Nc2cnn3c2NCCC3)c2ccccc21. The predicted octanol–water partition coefficient (Wildman–Crippen LogP) is 1.84. The molecule has 1 aliphatic rings. The summed E-state index contributed by atoms with van der Waals surface area (Å²) < 4.78 is 3.59. The van der Waals surface area contributed by atoms with Gasteiger partial charge in [-0.15, -0.1) is 0 Å². The van der Waals surface area contributed by atoms with Gasteiger partial charge in [-0.2, -0.15) is 10.2 Å². The Morgan fingerprint density at radius 2 is 2.23 bits per heavy atom. The minimum absolute atomic E-state index is 0.222. The number of amides is 1. The number of carbonyl (C=O) groups is 1. The van der Waals surface area contributed by atoms with Crippen LogP contribution in [0.25, 0.3) is 10.9 Å². The third-order valence-corrected chi connectivity index (χ3v) is 3.90. The van der Waals surface area contributed by atoms with Crippen LogP contribution in [0.2, 0.25) is 0 Å². The molecule has 0 bridgehead atoms. The summed E-state index contributed by atoms with van der Waals surface area (Å²) in [6, 6.07) is 7.69. The minimum atomic E-state index is -0.222. The Bertz CT molecular complexity index is 862. The molecule has 22 heavy (non-hydrogen) atoms. The number of anilines is 2. The van der Waals surface area contributed by atoms with Gasteiger partial charge in [-0.1, -0.05) is 18.2 Å². The second kappa shape index (κ2) is 4.87. The molecule has 0 saturated heterocycles. The normalized spacial score (nSPS) is 13.7. The van der Waals surface area contributed by atoms with Crippen LogP contribution in [0, 0.1) is 0 Å². The van der Waals surface area contributed by atoms with Crippen LogP contribution in [-0.2, 0) is 13.6 Å². The van der Waals surface area contributed by atoms with Crippen molar-refractivity contribution in [3.8, 4) is 0 Å². The maximum Gasteiger partial charge on any atom is 0.276 e. The van der Waals surface area contributed by atoms with E-state index in [4.69, 9.17) is 0 Å². The fraction of sp³-hybridized carbons (Fsp3) is 0.267. The van der Waals surface area contributed by atoms with Crippen molar-refractivity contribution >= 4 is 28.3 Å². The van der Waals surface area contributed by atoms with Gasteiger partial charge in [-0.05, 0) is 12.5 Å². The number of hydrogen-bond donors (Lipinski definition) is 2. The van der Waals surface area contributed by atoms with Crippen LogP contribution in [0.15, 0.2) is 30.5 Å². The third-order valence-electron chi connectivity index (χ3n) is 3.90. The number of aryl methyl sites for hydroxylation is 2. The average molecular weight is 296 g/mol. The van der Waals surface area contributed by atoms with Crippen LogP contribution in [0.3, 0.4) is 0 Å². The smallest absolute Gasteiger partial charge is 0.276 e. The fourth-order valence-electron chi connectivity index (χ4n) is 2.83. The van der Waals surface area contributed by atoms with Gasteiger partial charge in [0.2, 0.25) is 0 Å². The lowest BCUT2D eigenvalue weighted by Crippen LogP contribution is -2.20. The van der Waals surface area contributed by atoms with Gasteiger partial charge in [0.25, 0.3) is 5.91 Å². The second-order valence-corrected chi connectivity index (χ2v) is 5.35. The number of fused-ring (bicyclic) bond motifs is 2. The van der Waals surface area contributed by atoms with Crippen LogP contribution in [-0.4, -0.2) is 32.0 Å². The van der Waals surface area contributed by atoms with Crippen molar-refractivity contribution in [1.82, 2.24) is 19.6 Å². The molecule has 0 aliphatic carbocycles. The van der Waals surface area contributed by atoms with Crippen molar-refractivity contribution in [2.24, 2.45) is 7.05 Å². The van der Waals surface area contributed by atoms with E-state index in [9.17, 15) is 4.79 Å². The summed E-state index contributed by atoms with van der Waals surface area (Å²) in [5, 5.41) is 15.6. The minimum Gasteiger partial charge on any atom is -0.368 e. The van der Waals surface area contributed by atoms with Gasteiger partial charge in [0.05, 0.1) is 11.7 Å². The average Bonchev–Trinajstić information content (AvgIpc) is 3.10. The first-order valence-electron chi connectivity index (χ1n) is 7.27. The molecule has 0 radical (unpaired) electrons. The maximum atomic E-state index is 12.6. The van der Waals surface area contributed by atoms with Gasteiger partial charge in [0.1, 0.15) is 11.5 Å². The summed E-state index contributed by atoms with van der Waals surface area (Å²) in [5.74, 6) is 0.639. The molecule has 7 heteroatoms. The molecule has 1 aliphatic heterocycles. The Morgan fingerprint density at radius 1 is 1.36 bits per heavy atom. The van der Waals surface area contributed by atoms with E-state index in [-0.39, 0.29) is 5.91 Å². The highest BCUT2D eigenvalue weighted by Gasteiger charge is 2.20. The summed E-state index contributed by atoms with van der Waals surface area (Å²) in [6.07, 6.45) is 2.71. The zero-order valence-electron chi connectivity index (χ0n) is 12.2. The molecule has 0 atom stereocenters. The first kappa shape index (κ1) is 12.9. The van der Waals surface area contributed by atoms with Gasteiger partial charge >= 0.3 is 0 Å². The molecule has 112 valence electrons. The number of carbonyl (C=O) groups excluding carboxylic acids is 1. The van der Waals surface area contributed by atoms with E-state index in [1.54, 1.807) is 10.9 Å². The molecule has 2 aromatic heterocycles. The van der Waals surface area contributed by atoms with Crippen molar-refractivity contribution in [1.29, 1.82) is 0 Å². The lowest BCUT2D eigenvalue weighted by Gasteiger charge is -2.16. The Balaban J connectivity index is 1.68. The number of hydrogen-bond acceptors (Lipinski definition) is 4. The third kappa shape index (κ3) is 1.93. The molecule has 4 rings (SSSR count). The van der Waals surface area contributed by atoms with Crippen molar-refractivity contribution < 1.29 is 4.79 Å². The standard InChI is InChI=1S/C15H16N6O/c1-20-12-6-3-2-5-10(12)13(19-20)15(22)18-11-9-17-21-8-4-7-16-14(11)21/h2-3,5-6,9,16H,4,7-8H2,1H3,(H,18,22). The number of aromatic nitrogens is 4. The molecule has 2 N–H and O–H groups in total. The monoisotopic (exact) mass is 296 g/mol. The number of nitrogens with one attached hydrogen (secondary N) is 2. The molecule has 3 aromatic rings. The first-order valence-corrected chi connectivity index (χ1v) is 7.27. The van der Waals surface area contributed by atoms with E-state index in [0.29, 0.717) is 11.4 Å². The van der Waals surface area contributed by atoms with Crippen molar-refractivity contribution in [2.75, 3.05) is 17.2 Å². The van der Waals surface area contributed by atoms with E-state index in [2.05, 4.69) is 20.8 Å². The Morgan fingerprint density at radius 3 is 3.14 bits per heavy atom.